The Morgan fingerprint density at radius 1 is 1.40 bits per heavy atom. The summed E-state index contributed by atoms with van der Waals surface area (Å²) in [5, 5.41) is 9.27. The Kier molecular flexibility index (Phi) is 6.71. The molecule has 0 aromatic carbocycles. The maximum absolute atomic E-state index is 12.2. The van der Waals surface area contributed by atoms with E-state index >= 15 is 0 Å². The summed E-state index contributed by atoms with van der Waals surface area (Å²) in [5.74, 6) is 0. The standard InChI is InChI=1S/C14H27NO5/c1-5-18-11-6-7-19-12(10-16)9-15(8-11)13(17)20-14(2,3)4/h11-12,16H,5-10H2,1-4H3. The third-order valence-corrected chi connectivity index (χ3v) is 2.90. The minimum absolute atomic E-state index is 0.0628. The van der Waals surface area contributed by atoms with Gasteiger partial charge in [0, 0.05) is 13.2 Å². The minimum atomic E-state index is -0.546. The molecule has 6 nitrogen and oxygen atoms in total. The van der Waals surface area contributed by atoms with E-state index in [1.54, 1.807) is 4.90 Å². The Hall–Kier alpha value is -0.850. The van der Waals surface area contributed by atoms with Crippen molar-refractivity contribution >= 4 is 6.09 Å². The first-order chi connectivity index (χ1) is 9.35. The van der Waals surface area contributed by atoms with Crippen LogP contribution in [-0.2, 0) is 14.2 Å². The number of nitrogens with zero attached hydrogens (tertiary/aromatic N) is 1. The van der Waals surface area contributed by atoms with E-state index < -0.39 is 11.7 Å². The molecule has 1 heterocycles. The van der Waals surface area contributed by atoms with E-state index in [2.05, 4.69) is 0 Å². The third kappa shape index (κ3) is 6.07. The lowest BCUT2D eigenvalue weighted by molar-refractivity contribution is -0.0678. The topological polar surface area (TPSA) is 68.2 Å². The van der Waals surface area contributed by atoms with E-state index in [4.69, 9.17) is 14.2 Å². The van der Waals surface area contributed by atoms with Gasteiger partial charge in [-0.2, -0.15) is 0 Å². The highest BCUT2D eigenvalue weighted by atomic mass is 16.6. The molecule has 1 N–H and O–H groups in total. The number of hydrogen-bond donors (Lipinski definition) is 1. The summed E-state index contributed by atoms with van der Waals surface area (Å²) < 4.78 is 16.5. The molecule has 0 radical (unpaired) electrons. The molecule has 0 spiro atoms. The fourth-order valence-electron chi connectivity index (χ4n) is 2.03. The van der Waals surface area contributed by atoms with Gasteiger partial charge in [0.15, 0.2) is 0 Å². The molecule has 20 heavy (non-hydrogen) atoms. The third-order valence-electron chi connectivity index (χ3n) is 2.90. The Morgan fingerprint density at radius 2 is 2.10 bits per heavy atom. The fourth-order valence-corrected chi connectivity index (χ4v) is 2.03. The summed E-state index contributed by atoms with van der Waals surface area (Å²) in [6.07, 6.45) is -0.132. The molecule has 0 aromatic heterocycles. The number of aliphatic hydroxyl groups is 1. The van der Waals surface area contributed by atoms with Crippen LogP contribution >= 0.6 is 0 Å². The molecule has 0 saturated carbocycles. The first kappa shape index (κ1) is 17.2. The van der Waals surface area contributed by atoms with Crippen LogP contribution in [0.15, 0.2) is 0 Å². The SMILES string of the molecule is CCOC1CCOC(CO)CN(C(=O)OC(C)(C)C)C1. The molecule has 1 aliphatic rings. The van der Waals surface area contributed by atoms with Crippen LogP contribution in [0.3, 0.4) is 0 Å². The summed E-state index contributed by atoms with van der Waals surface area (Å²) in [6.45, 7) is 9.19. The van der Waals surface area contributed by atoms with Crippen LogP contribution in [0.5, 0.6) is 0 Å². The highest BCUT2D eigenvalue weighted by Crippen LogP contribution is 2.15. The zero-order chi connectivity index (χ0) is 15.2. The van der Waals surface area contributed by atoms with E-state index in [1.165, 1.54) is 0 Å². The maximum atomic E-state index is 12.2. The zero-order valence-corrected chi connectivity index (χ0v) is 12.9. The lowest BCUT2D eigenvalue weighted by atomic mass is 10.2. The number of carbonyl (C=O) groups is 1. The normalized spacial score (nSPS) is 24.9. The largest absolute Gasteiger partial charge is 0.444 e. The van der Waals surface area contributed by atoms with Crippen LogP contribution < -0.4 is 0 Å². The van der Waals surface area contributed by atoms with Crippen LogP contribution in [0.25, 0.3) is 0 Å². The van der Waals surface area contributed by atoms with Gasteiger partial charge in [-0.1, -0.05) is 0 Å². The van der Waals surface area contributed by atoms with Gasteiger partial charge in [-0.05, 0) is 34.1 Å². The average molecular weight is 289 g/mol. The Morgan fingerprint density at radius 3 is 2.65 bits per heavy atom. The summed E-state index contributed by atoms with van der Waals surface area (Å²) >= 11 is 0. The number of carbonyl (C=O) groups excluding carboxylic acids is 1. The van der Waals surface area contributed by atoms with Gasteiger partial charge in [-0.25, -0.2) is 4.79 Å². The second kappa shape index (κ2) is 7.81. The predicted octanol–water partition coefficient (Wildman–Crippen LogP) is 1.41. The zero-order valence-electron chi connectivity index (χ0n) is 12.9. The van der Waals surface area contributed by atoms with Crippen molar-refractivity contribution in [1.29, 1.82) is 0 Å². The molecule has 1 aliphatic heterocycles. The number of amides is 1. The number of aliphatic hydroxyl groups excluding tert-OH is 1. The molecule has 0 aliphatic carbocycles. The number of rotatable bonds is 3. The van der Waals surface area contributed by atoms with Gasteiger partial charge in [-0.3, -0.25) is 0 Å². The predicted molar refractivity (Wildman–Crippen MR) is 74.7 cm³/mol. The monoisotopic (exact) mass is 289 g/mol. The van der Waals surface area contributed by atoms with Crippen molar-refractivity contribution in [2.75, 3.05) is 32.9 Å². The average Bonchev–Trinajstić information content (AvgIpc) is 2.30. The maximum Gasteiger partial charge on any atom is 0.410 e. The van der Waals surface area contributed by atoms with E-state index in [0.29, 0.717) is 32.7 Å². The molecule has 1 fully saturated rings. The summed E-state index contributed by atoms with van der Waals surface area (Å²) in [5.41, 5.74) is -0.546. The van der Waals surface area contributed by atoms with Crippen molar-refractivity contribution in [2.24, 2.45) is 0 Å². The van der Waals surface area contributed by atoms with Crippen LogP contribution in [-0.4, -0.2) is 66.8 Å². The first-order valence-corrected chi connectivity index (χ1v) is 7.17. The van der Waals surface area contributed by atoms with Crippen LogP contribution in [0, 0.1) is 0 Å². The van der Waals surface area contributed by atoms with Gasteiger partial charge in [0.1, 0.15) is 5.60 Å². The van der Waals surface area contributed by atoms with E-state index in [1.807, 2.05) is 27.7 Å². The molecule has 2 atom stereocenters. The van der Waals surface area contributed by atoms with Crippen molar-refractivity contribution in [2.45, 2.75) is 51.9 Å². The van der Waals surface area contributed by atoms with Crippen molar-refractivity contribution in [3.63, 3.8) is 0 Å². The number of ether oxygens (including phenoxy) is 3. The van der Waals surface area contributed by atoms with Crippen molar-refractivity contribution < 1.29 is 24.1 Å². The summed E-state index contributed by atoms with van der Waals surface area (Å²) in [6, 6.07) is 0. The van der Waals surface area contributed by atoms with Gasteiger partial charge in [-0.15, -0.1) is 0 Å². The molecular formula is C14H27NO5. The minimum Gasteiger partial charge on any atom is -0.444 e. The molecule has 1 rings (SSSR count). The quantitative estimate of drug-likeness (QED) is 0.851. The van der Waals surface area contributed by atoms with Crippen molar-refractivity contribution in [3.05, 3.63) is 0 Å². The lowest BCUT2D eigenvalue weighted by Crippen LogP contribution is -2.48. The van der Waals surface area contributed by atoms with Gasteiger partial charge >= 0.3 is 6.09 Å². The van der Waals surface area contributed by atoms with Gasteiger partial charge < -0.3 is 24.2 Å². The lowest BCUT2D eigenvalue weighted by Gasteiger charge is -2.34. The van der Waals surface area contributed by atoms with E-state index in [-0.39, 0.29) is 18.8 Å². The van der Waals surface area contributed by atoms with Gasteiger partial charge in [0.25, 0.3) is 0 Å². The molecule has 118 valence electrons. The van der Waals surface area contributed by atoms with E-state index in [9.17, 15) is 9.90 Å². The Labute approximate surface area is 121 Å². The fraction of sp³-hybridized carbons (Fsp3) is 0.929. The van der Waals surface area contributed by atoms with Crippen LogP contribution in [0.1, 0.15) is 34.1 Å². The highest BCUT2D eigenvalue weighted by Gasteiger charge is 2.29. The summed E-state index contributed by atoms with van der Waals surface area (Å²) in [7, 11) is 0. The molecule has 2 unspecified atom stereocenters. The molecule has 0 bridgehead atoms. The molecule has 0 aromatic rings. The van der Waals surface area contributed by atoms with Crippen LogP contribution in [0.4, 0.5) is 4.79 Å². The Bertz CT molecular complexity index is 302. The van der Waals surface area contributed by atoms with Crippen LogP contribution in [0.2, 0.25) is 0 Å². The first-order valence-electron chi connectivity index (χ1n) is 7.17. The second-order valence-corrected chi connectivity index (χ2v) is 5.93. The highest BCUT2D eigenvalue weighted by molar-refractivity contribution is 5.68. The molecule has 6 heteroatoms. The molecule has 1 saturated heterocycles. The van der Waals surface area contributed by atoms with Crippen molar-refractivity contribution in [3.8, 4) is 0 Å². The smallest absolute Gasteiger partial charge is 0.410 e. The van der Waals surface area contributed by atoms with Gasteiger partial charge in [0.05, 0.1) is 31.9 Å². The number of hydrogen-bond acceptors (Lipinski definition) is 5. The Balaban J connectivity index is 2.71. The van der Waals surface area contributed by atoms with Crippen molar-refractivity contribution in [1.82, 2.24) is 4.90 Å². The molecular weight excluding hydrogens is 262 g/mol. The second-order valence-electron chi connectivity index (χ2n) is 5.93. The summed E-state index contributed by atoms with van der Waals surface area (Å²) in [4.78, 5) is 13.8. The van der Waals surface area contributed by atoms with Gasteiger partial charge in [0.2, 0.25) is 0 Å². The molecule has 1 amide bonds. The van der Waals surface area contributed by atoms with E-state index in [0.717, 1.165) is 0 Å².